The summed E-state index contributed by atoms with van der Waals surface area (Å²) in [6, 6.07) is 7.31. The number of guanidine groups is 1. The topological polar surface area (TPSA) is 242 Å². The highest BCUT2D eigenvalue weighted by atomic mass is 16.4. The summed E-state index contributed by atoms with van der Waals surface area (Å²) in [5.41, 5.74) is 11.5. The molecule has 10 N–H and O–H groups in total. The molecule has 1 aromatic heterocycles. The SMILES string of the molecule is NC(N)=NCc1cc(CC(=O)N[C@@H](Cc2cccc(C(=O)O)c2O)B(O)O)ccn1.O=CO. The molecule has 176 valence electrons. The lowest BCUT2D eigenvalue weighted by atomic mass is 9.75. The molecule has 1 amide bonds. The van der Waals surface area contributed by atoms with Gasteiger partial charge in [0.15, 0.2) is 5.96 Å². The molecule has 0 aliphatic carbocycles. The third kappa shape index (κ3) is 9.24. The van der Waals surface area contributed by atoms with E-state index in [2.05, 4.69) is 15.3 Å². The molecule has 0 saturated heterocycles. The van der Waals surface area contributed by atoms with E-state index in [1.807, 2.05) is 0 Å². The summed E-state index contributed by atoms with van der Waals surface area (Å²) in [4.78, 5) is 39.8. The standard InChI is InChI=1S/C18H22BN5O6.CH2O2/c20-18(21)23-9-12-6-10(4-5-22-12)7-15(25)24-14(19(29)30)8-11-2-1-3-13(16(11)26)17(27)28;2-1-3/h1-6,14,26,29-30H,7-9H2,(H,24,25)(H,27,28)(H4,20,21,23);1H,(H,2,3)/t14-;/m0./s1. The molecule has 0 bridgehead atoms. The van der Waals surface area contributed by atoms with Gasteiger partial charge < -0.3 is 42.2 Å². The quantitative estimate of drug-likeness (QED) is 0.0900. The number of rotatable bonds is 9. The first-order valence-corrected chi connectivity index (χ1v) is 9.35. The van der Waals surface area contributed by atoms with Crippen molar-refractivity contribution in [3.8, 4) is 5.75 Å². The van der Waals surface area contributed by atoms with Crippen molar-refractivity contribution in [2.24, 2.45) is 16.5 Å². The highest BCUT2D eigenvalue weighted by Gasteiger charge is 2.27. The summed E-state index contributed by atoms with van der Waals surface area (Å²) in [5.74, 6) is -3.59. The van der Waals surface area contributed by atoms with Gasteiger partial charge >= 0.3 is 13.1 Å². The Hall–Kier alpha value is -4.17. The number of carboxylic acids is 1. The van der Waals surface area contributed by atoms with Gasteiger partial charge in [-0.1, -0.05) is 12.1 Å². The van der Waals surface area contributed by atoms with Crippen molar-refractivity contribution in [3.63, 3.8) is 0 Å². The first-order chi connectivity index (χ1) is 15.6. The predicted octanol–water partition coefficient (Wildman–Crippen LogP) is -1.76. The van der Waals surface area contributed by atoms with Crippen LogP contribution in [0.5, 0.6) is 5.75 Å². The molecule has 0 unspecified atom stereocenters. The van der Waals surface area contributed by atoms with Crippen molar-refractivity contribution < 1.29 is 39.8 Å². The van der Waals surface area contributed by atoms with E-state index >= 15 is 0 Å². The smallest absolute Gasteiger partial charge is 0.475 e. The number of carbonyl (C=O) groups is 3. The number of aliphatic imine (C=N–C) groups is 1. The zero-order chi connectivity index (χ0) is 25.0. The molecule has 33 heavy (non-hydrogen) atoms. The molecule has 0 radical (unpaired) electrons. The summed E-state index contributed by atoms with van der Waals surface area (Å²) < 4.78 is 0. The number of phenols is 1. The normalized spacial score (nSPS) is 10.7. The van der Waals surface area contributed by atoms with Gasteiger partial charge in [-0.25, -0.2) is 9.79 Å². The summed E-state index contributed by atoms with van der Waals surface area (Å²) >= 11 is 0. The number of nitrogens with zero attached hydrogens (tertiary/aromatic N) is 2. The van der Waals surface area contributed by atoms with E-state index in [0.29, 0.717) is 11.3 Å². The van der Waals surface area contributed by atoms with Gasteiger partial charge in [-0.05, 0) is 35.7 Å². The van der Waals surface area contributed by atoms with Crippen LogP contribution in [0, 0.1) is 0 Å². The number of para-hydroxylation sites is 1. The Morgan fingerprint density at radius 2 is 1.91 bits per heavy atom. The number of carbonyl (C=O) groups excluding carboxylic acids is 1. The third-order valence-corrected chi connectivity index (χ3v) is 4.17. The summed E-state index contributed by atoms with van der Waals surface area (Å²) in [5, 5.41) is 47.8. The van der Waals surface area contributed by atoms with Gasteiger partial charge in [-0.2, -0.15) is 0 Å². The van der Waals surface area contributed by atoms with E-state index in [1.165, 1.54) is 24.4 Å². The van der Waals surface area contributed by atoms with Crippen LogP contribution in [-0.2, 0) is 29.0 Å². The first-order valence-electron chi connectivity index (χ1n) is 9.35. The molecule has 0 aliphatic rings. The van der Waals surface area contributed by atoms with Gasteiger partial charge in [0.1, 0.15) is 11.3 Å². The number of hydrogen-bond acceptors (Lipinski definition) is 8. The number of pyridine rings is 1. The molecule has 0 spiro atoms. The van der Waals surface area contributed by atoms with E-state index in [4.69, 9.17) is 26.5 Å². The molecule has 0 aliphatic heterocycles. The summed E-state index contributed by atoms with van der Waals surface area (Å²) in [6.45, 7) is -0.102. The van der Waals surface area contributed by atoms with Crippen LogP contribution in [0.25, 0.3) is 0 Å². The Morgan fingerprint density at radius 3 is 2.48 bits per heavy atom. The van der Waals surface area contributed by atoms with Crippen LogP contribution in [0.4, 0.5) is 0 Å². The lowest BCUT2D eigenvalue weighted by Gasteiger charge is -2.19. The second-order valence-electron chi connectivity index (χ2n) is 6.59. The van der Waals surface area contributed by atoms with Crippen LogP contribution in [0.3, 0.4) is 0 Å². The Labute approximate surface area is 188 Å². The van der Waals surface area contributed by atoms with Crippen LogP contribution in [0.1, 0.15) is 27.2 Å². The van der Waals surface area contributed by atoms with Gasteiger partial charge in [0.25, 0.3) is 6.47 Å². The number of aromatic carboxylic acids is 1. The molecule has 13 nitrogen and oxygen atoms in total. The average Bonchev–Trinajstić information content (AvgIpc) is 2.73. The number of hydrogen-bond donors (Lipinski definition) is 8. The fourth-order valence-corrected chi connectivity index (χ4v) is 2.74. The minimum absolute atomic E-state index is 0.0816. The van der Waals surface area contributed by atoms with Crippen molar-refractivity contribution in [1.82, 2.24) is 10.3 Å². The summed E-state index contributed by atoms with van der Waals surface area (Å²) in [6.07, 6.45) is 1.22. The van der Waals surface area contributed by atoms with E-state index < -0.39 is 30.7 Å². The number of carboxylic acid groups (broad SMARTS) is 2. The van der Waals surface area contributed by atoms with Crippen LogP contribution in [0.2, 0.25) is 0 Å². The van der Waals surface area contributed by atoms with Gasteiger partial charge in [0.2, 0.25) is 5.91 Å². The first kappa shape index (κ1) is 26.9. The molecule has 1 aromatic carbocycles. The largest absolute Gasteiger partial charge is 0.507 e. The van der Waals surface area contributed by atoms with Crippen molar-refractivity contribution in [2.45, 2.75) is 25.3 Å². The second kappa shape index (κ2) is 13.3. The van der Waals surface area contributed by atoms with Gasteiger partial charge in [-0.3, -0.25) is 14.6 Å². The van der Waals surface area contributed by atoms with Crippen molar-refractivity contribution in [3.05, 3.63) is 58.9 Å². The Balaban J connectivity index is 0.00000172. The minimum atomic E-state index is -1.93. The maximum absolute atomic E-state index is 12.4. The number of aromatic nitrogens is 1. The maximum atomic E-state index is 12.4. The van der Waals surface area contributed by atoms with Crippen LogP contribution < -0.4 is 16.8 Å². The Bertz CT molecular complexity index is 998. The number of nitrogens with two attached hydrogens (primary N) is 2. The fraction of sp³-hybridized carbons (Fsp3) is 0.211. The molecular formula is C19H24BN5O8. The number of amides is 1. The molecule has 0 saturated carbocycles. The summed E-state index contributed by atoms with van der Waals surface area (Å²) in [7, 11) is -1.93. The Kier molecular flexibility index (Phi) is 10.8. The molecule has 0 fully saturated rings. The lowest BCUT2D eigenvalue weighted by Crippen LogP contribution is -2.48. The fourth-order valence-electron chi connectivity index (χ4n) is 2.74. The zero-order valence-electron chi connectivity index (χ0n) is 17.3. The van der Waals surface area contributed by atoms with E-state index in [0.717, 1.165) is 0 Å². The van der Waals surface area contributed by atoms with E-state index in [1.54, 1.807) is 12.1 Å². The predicted molar refractivity (Wildman–Crippen MR) is 117 cm³/mol. The molecule has 1 atom stereocenters. The van der Waals surface area contributed by atoms with Crippen LogP contribution >= 0.6 is 0 Å². The maximum Gasteiger partial charge on any atom is 0.475 e. The second-order valence-corrected chi connectivity index (χ2v) is 6.59. The highest BCUT2D eigenvalue weighted by Crippen LogP contribution is 2.24. The molecule has 1 heterocycles. The van der Waals surface area contributed by atoms with E-state index in [9.17, 15) is 24.7 Å². The monoisotopic (exact) mass is 461 g/mol. The van der Waals surface area contributed by atoms with Crippen molar-refractivity contribution in [1.29, 1.82) is 0 Å². The molecule has 14 heteroatoms. The van der Waals surface area contributed by atoms with Gasteiger partial charge in [0.05, 0.1) is 24.6 Å². The van der Waals surface area contributed by atoms with Crippen LogP contribution in [0.15, 0.2) is 41.5 Å². The highest BCUT2D eigenvalue weighted by molar-refractivity contribution is 6.43. The number of benzene rings is 1. The van der Waals surface area contributed by atoms with Crippen LogP contribution in [-0.4, -0.2) is 67.7 Å². The minimum Gasteiger partial charge on any atom is -0.507 e. The van der Waals surface area contributed by atoms with Gasteiger partial charge in [0, 0.05) is 6.20 Å². The molecule has 2 rings (SSSR count). The number of nitrogens with one attached hydrogen (secondary N) is 1. The van der Waals surface area contributed by atoms with Crippen molar-refractivity contribution in [2.75, 3.05) is 0 Å². The molecular weight excluding hydrogens is 437 g/mol. The third-order valence-electron chi connectivity index (χ3n) is 4.17. The average molecular weight is 461 g/mol. The lowest BCUT2D eigenvalue weighted by molar-refractivity contribution is -0.123. The van der Waals surface area contributed by atoms with Gasteiger partial charge in [-0.15, -0.1) is 0 Å². The van der Waals surface area contributed by atoms with Crippen molar-refractivity contribution >= 4 is 31.4 Å². The Morgan fingerprint density at radius 1 is 1.24 bits per heavy atom. The van der Waals surface area contributed by atoms with E-state index in [-0.39, 0.29) is 42.9 Å². The number of aromatic hydroxyl groups is 1. The molecule has 2 aromatic rings. The zero-order valence-corrected chi connectivity index (χ0v) is 17.3.